The summed E-state index contributed by atoms with van der Waals surface area (Å²) < 4.78 is 0. The lowest BCUT2D eigenvalue weighted by Crippen LogP contribution is -2.21. The van der Waals surface area contributed by atoms with Crippen molar-refractivity contribution in [3.63, 3.8) is 0 Å². The summed E-state index contributed by atoms with van der Waals surface area (Å²) in [6.45, 7) is 3.32. The van der Waals surface area contributed by atoms with Gasteiger partial charge in [-0.1, -0.05) is 0 Å². The summed E-state index contributed by atoms with van der Waals surface area (Å²) in [4.78, 5) is 5.11. The van der Waals surface area contributed by atoms with Gasteiger partial charge in [0, 0.05) is 14.1 Å². The van der Waals surface area contributed by atoms with Crippen molar-refractivity contribution in [3.8, 4) is 0 Å². The van der Waals surface area contributed by atoms with Gasteiger partial charge < -0.3 is 10.6 Å². The van der Waals surface area contributed by atoms with Crippen molar-refractivity contribution >= 4 is 11.8 Å². The topological polar surface area (TPSA) is 65.5 Å². The van der Waals surface area contributed by atoms with E-state index >= 15 is 0 Å². The highest BCUT2D eigenvalue weighted by Gasteiger charge is 1.96. The molecule has 0 radical (unpaired) electrons. The molecule has 0 rings (SSSR count). The zero-order valence-electron chi connectivity index (χ0n) is 5.68. The molecule has 0 saturated heterocycles. The Morgan fingerprint density at radius 2 is 2.11 bits per heavy atom. The molecular weight excluding hydrogens is 116 g/mol. The van der Waals surface area contributed by atoms with E-state index in [1.165, 1.54) is 4.90 Å². The van der Waals surface area contributed by atoms with Crippen molar-refractivity contribution < 1.29 is 0 Å². The van der Waals surface area contributed by atoms with Gasteiger partial charge >= 0.3 is 0 Å². The van der Waals surface area contributed by atoms with E-state index in [2.05, 4.69) is 11.9 Å². The van der Waals surface area contributed by atoms with Gasteiger partial charge in [-0.15, -0.1) is 0 Å². The van der Waals surface area contributed by atoms with Gasteiger partial charge in [0.1, 0.15) is 6.92 Å². The van der Waals surface area contributed by atoms with Gasteiger partial charge in [0.05, 0.1) is 0 Å². The van der Waals surface area contributed by atoms with Crippen molar-refractivity contribution in [2.75, 3.05) is 14.1 Å². The van der Waals surface area contributed by atoms with Crippen LogP contribution in [0.4, 0.5) is 0 Å². The first-order chi connectivity index (χ1) is 4.04. The molecule has 50 valence electrons. The molecule has 9 heavy (non-hydrogen) atoms. The van der Waals surface area contributed by atoms with Gasteiger partial charge in [0.25, 0.3) is 5.84 Å². The van der Waals surface area contributed by atoms with E-state index in [0.29, 0.717) is 0 Å². The normalized spacial score (nSPS) is 11.1. The molecule has 0 aliphatic rings. The summed E-state index contributed by atoms with van der Waals surface area (Å²) in [6, 6.07) is 0. The number of hydrogen-bond donors (Lipinski definition) is 2. The average Bonchev–Trinajstić information content (AvgIpc) is 1.63. The molecule has 0 amide bonds. The van der Waals surface area contributed by atoms with Crippen molar-refractivity contribution in [1.82, 2.24) is 4.90 Å². The summed E-state index contributed by atoms with van der Waals surface area (Å²) in [6.07, 6.45) is 0. The van der Waals surface area contributed by atoms with E-state index in [9.17, 15) is 0 Å². The van der Waals surface area contributed by atoms with Gasteiger partial charge in [-0.3, -0.25) is 5.41 Å². The van der Waals surface area contributed by atoms with Gasteiger partial charge in [-0.2, -0.15) is 4.99 Å². The number of aliphatic imine (C=N–C) groups is 1. The Bertz CT molecular complexity index is 132. The van der Waals surface area contributed by atoms with E-state index in [0.717, 1.165) is 0 Å². The van der Waals surface area contributed by atoms with Crippen LogP contribution in [0.5, 0.6) is 0 Å². The molecule has 0 atom stereocenters. The highest BCUT2D eigenvalue weighted by Crippen LogP contribution is 1.79. The lowest BCUT2D eigenvalue weighted by molar-refractivity contribution is 0.610. The first-order valence-electron chi connectivity index (χ1n) is 2.46. The van der Waals surface area contributed by atoms with Crippen LogP contribution in [0.2, 0.25) is 0 Å². The molecule has 0 saturated carbocycles. The Morgan fingerprint density at radius 3 is 2.22 bits per heavy atom. The second kappa shape index (κ2) is 2.96. The first-order valence-corrected chi connectivity index (χ1v) is 2.46. The molecule has 0 aromatic heterocycles. The zero-order valence-corrected chi connectivity index (χ0v) is 5.68. The standard InChI is InChI=1S/C5H11N4/c1-4(6)8-5(7)9(2)3/h1H2,2-3H3,(H3,6,7,8)/q+1. The van der Waals surface area contributed by atoms with Crippen molar-refractivity contribution in [1.29, 1.82) is 5.41 Å². The molecule has 0 heterocycles. The van der Waals surface area contributed by atoms with Crippen LogP contribution in [0, 0.1) is 12.3 Å². The number of nitrogens with two attached hydrogens (primary N) is 1. The molecule has 0 aliphatic carbocycles. The third-order valence-electron chi connectivity index (χ3n) is 0.673. The summed E-state index contributed by atoms with van der Waals surface area (Å²) >= 11 is 0. The largest absolute Gasteiger partial charge is 0.348 e. The Morgan fingerprint density at radius 1 is 1.67 bits per heavy atom. The monoisotopic (exact) mass is 127 g/mol. The van der Waals surface area contributed by atoms with E-state index in [-0.39, 0.29) is 11.8 Å². The molecule has 0 bridgehead atoms. The van der Waals surface area contributed by atoms with Crippen molar-refractivity contribution in [3.05, 3.63) is 6.92 Å². The van der Waals surface area contributed by atoms with Crippen LogP contribution in [0.25, 0.3) is 0 Å². The molecular formula is C5H11N4+. The van der Waals surface area contributed by atoms with E-state index in [1.807, 2.05) is 0 Å². The second-order valence-corrected chi connectivity index (χ2v) is 1.82. The molecule has 0 aromatic rings. The number of nitrogens with zero attached hydrogens (tertiary/aromatic N) is 2. The highest BCUT2D eigenvalue weighted by atomic mass is 15.2. The zero-order chi connectivity index (χ0) is 7.44. The fourth-order valence-corrected chi connectivity index (χ4v) is 0.236. The maximum Gasteiger partial charge on any atom is 0.289 e. The summed E-state index contributed by atoms with van der Waals surface area (Å²) in [7, 11) is 3.43. The van der Waals surface area contributed by atoms with Crippen molar-refractivity contribution in [2.45, 2.75) is 0 Å². The summed E-state index contributed by atoms with van der Waals surface area (Å²) in [5.74, 6) is 0.274. The predicted octanol–water partition coefficient (Wildman–Crippen LogP) is -0.326. The molecule has 0 fully saturated rings. The molecule has 0 aromatic carbocycles. The smallest absolute Gasteiger partial charge is 0.289 e. The van der Waals surface area contributed by atoms with Crippen LogP contribution in [-0.2, 0) is 0 Å². The SMILES string of the molecule is [CH2+]/C(N)=N/C(=N)N(C)C. The quantitative estimate of drug-likeness (QED) is 0.266. The number of guanidine groups is 1. The number of nitrogens with one attached hydrogen (secondary N) is 1. The number of rotatable bonds is 0. The molecule has 4 nitrogen and oxygen atoms in total. The molecule has 0 spiro atoms. The van der Waals surface area contributed by atoms with E-state index < -0.39 is 0 Å². The lowest BCUT2D eigenvalue weighted by Gasteiger charge is -2.06. The van der Waals surface area contributed by atoms with E-state index in [1.54, 1.807) is 14.1 Å². The lowest BCUT2D eigenvalue weighted by atomic mass is 10.7. The van der Waals surface area contributed by atoms with Gasteiger partial charge in [-0.05, 0) is 0 Å². The third-order valence-corrected chi connectivity index (χ3v) is 0.673. The predicted molar refractivity (Wildman–Crippen MR) is 38.4 cm³/mol. The maximum atomic E-state index is 7.09. The van der Waals surface area contributed by atoms with Crippen molar-refractivity contribution in [2.24, 2.45) is 10.7 Å². The Balaban J connectivity index is 3.93. The fourth-order valence-electron chi connectivity index (χ4n) is 0.236. The summed E-state index contributed by atoms with van der Waals surface area (Å²) in [5, 5.41) is 7.09. The number of hydrogen-bond acceptors (Lipinski definition) is 1. The van der Waals surface area contributed by atoms with Gasteiger partial charge in [0.15, 0.2) is 0 Å². The minimum atomic E-state index is 0.113. The van der Waals surface area contributed by atoms with E-state index in [4.69, 9.17) is 11.1 Å². The van der Waals surface area contributed by atoms with Crippen LogP contribution in [-0.4, -0.2) is 30.8 Å². The van der Waals surface area contributed by atoms with Crippen LogP contribution < -0.4 is 5.73 Å². The first kappa shape index (κ1) is 7.81. The van der Waals surface area contributed by atoms with Gasteiger partial charge in [-0.25, -0.2) is 0 Å². The maximum absolute atomic E-state index is 7.09. The molecule has 4 heteroatoms. The van der Waals surface area contributed by atoms with Crippen LogP contribution in [0.15, 0.2) is 4.99 Å². The minimum absolute atomic E-state index is 0.113. The molecule has 0 aliphatic heterocycles. The summed E-state index contributed by atoms with van der Waals surface area (Å²) in [5.41, 5.74) is 5.10. The highest BCUT2D eigenvalue weighted by molar-refractivity contribution is 5.95. The van der Waals surface area contributed by atoms with Gasteiger partial charge in [0.2, 0.25) is 5.96 Å². The van der Waals surface area contributed by atoms with Crippen LogP contribution in [0.3, 0.4) is 0 Å². The average molecular weight is 127 g/mol. The minimum Gasteiger partial charge on any atom is -0.348 e. The Hall–Kier alpha value is -1.19. The second-order valence-electron chi connectivity index (χ2n) is 1.82. The number of amidine groups is 1. The van der Waals surface area contributed by atoms with Crippen LogP contribution in [0.1, 0.15) is 0 Å². The molecule has 0 unspecified atom stereocenters. The Labute approximate surface area is 54.9 Å². The Kier molecular flexibility index (Phi) is 2.57. The fraction of sp³-hybridized carbons (Fsp3) is 0.400. The van der Waals surface area contributed by atoms with Crippen LogP contribution >= 0.6 is 0 Å². The third kappa shape index (κ3) is 3.40. The molecule has 3 N–H and O–H groups in total.